The topological polar surface area (TPSA) is 65.9 Å². The van der Waals surface area contributed by atoms with E-state index in [1.54, 1.807) is 18.2 Å². The highest BCUT2D eigenvalue weighted by molar-refractivity contribution is 5.79. The van der Waals surface area contributed by atoms with Crippen LogP contribution >= 0.6 is 0 Å². The van der Waals surface area contributed by atoms with Gasteiger partial charge in [0.25, 0.3) is 0 Å². The summed E-state index contributed by atoms with van der Waals surface area (Å²) in [5, 5.41) is 16.4. The highest BCUT2D eigenvalue weighted by Gasteiger charge is 2.11. The van der Waals surface area contributed by atoms with Crippen LogP contribution in [0.1, 0.15) is 38.9 Å². The summed E-state index contributed by atoms with van der Waals surface area (Å²) in [6.07, 6.45) is -0.0940. The van der Waals surface area contributed by atoms with Crippen molar-refractivity contribution in [1.82, 2.24) is 10.6 Å². The number of hydrogen-bond donors (Lipinski definition) is 3. The number of hydrogen-bond acceptors (Lipinski definition) is 3. The van der Waals surface area contributed by atoms with Crippen LogP contribution in [0.15, 0.2) is 29.3 Å². The lowest BCUT2D eigenvalue weighted by molar-refractivity contribution is 0.108. The van der Waals surface area contributed by atoms with Gasteiger partial charge in [0.1, 0.15) is 11.9 Å². The van der Waals surface area contributed by atoms with E-state index in [0.717, 1.165) is 19.6 Å². The van der Waals surface area contributed by atoms with E-state index >= 15 is 0 Å². The minimum absolute atomic E-state index is 0.0973. The molecule has 0 spiro atoms. The molecule has 3 N–H and O–H groups in total. The summed E-state index contributed by atoms with van der Waals surface area (Å²) in [5.74, 6) is 0.730. The number of aliphatic hydroxyl groups excluding tert-OH is 1. The Kier molecular flexibility index (Phi) is 10.0. The monoisotopic (exact) mass is 339 g/mol. The van der Waals surface area contributed by atoms with Gasteiger partial charge in [0.2, 0.25) is 0 Å². The van der Waals surface area contributed by atoms with Gasteiger partial charge in [0, 0.05) is 31.9 Å². The molecule has 0 aromatic heterocycles. The SMILES string of the molecule is CCNC(=NCC(O)c1ccccc1F)NCCCOCC(C)C. The second-order valence-electron chi connectivity index (χ2n) is 6.01. The molecule has 6 heteroatoms. The molecule has 0 fully saturated rings. The molecule has 0 saturated carbocycles. The van der Waals surface area contributed by atoms with Gasteiger partial charge in [0.05, 0.1) is 6.54 Å². The van der Waals surface area contributed by atoms with E-state index in [1.165, 1.54) is 6.07 Å². The van der Waals surface area contributed by atoms with Crippen molar-refractivity contribution in [3.8, 4) is 0 Å². The molecular weight excluding hydrogens is 309 g/mol. The normalized spacial score (nSPS) is 13.2. The second kappa shape index (κ2) is 11.8. The number of halogens is 1. The first-order valence-corrected chi connectivity index (χ1v) is 8.57. The van der Waals surface area contributed by atoms with Gasteiger partial charge in [-0.15, -0.1) is 0 Å². The fourth-order valence-electron chi connectivity index (χ4n) is 2.06. The first kappa shape index (κ1) is 20.4. The predicted octanol–water partition coefficient (Wildman–Crippen LogP) is 2.48. The summed E-state index contributed by atoms with van der Waals surface area (Å²) < 4.78 is 19.2. The summed E-state index contributed by atoms with van der Waals surface area (Å²) in [4.78, 5) is 4.31. The zero-order valence-corrected chi connectivity index (χ0v) is 14.9. The van der Waals surface area contributed by atoms with Crippen LogP contribution in [0.4, 0.5) is 4.39 Å². The maximum absolute atomic E-state index is 13.6. The van der Waals surface area contributed by atoms with E-state index in [4.69, 9.17) is 4.74 Å². The molecule has 0 aliphatic heterocycles. The molecule has 0 heterocycles. The number of aliphatic imine (C=N–C) groups is 1. The molecule has 0 aliphatic carbocycles. The average Bonchev–Trinajstić information content (AvgIpc) is 2.55. The molecule has 1 unspecified atom stereocenters. The van der Waals surface area contributed by atoms with Gasteiger partial charge in [-0.1, -0.05) is 32.0 Å². The quantitative estimate of drug-likeness (QED) is 0.348. The van der Waals surface area contributed by atoms with Gasteiger partial charge in [-0.25, -0.2) is 4.39 Å². The number of benzene rings is 1. The lowest BCUT2D eigenvalue weighted by atomic mass is 10.1. The highest BCUT2D eigenvalue weighted by Crippen LogP contribution is 2.16. The van der Waals surface area contributed by atoms with Crippen molar-refractivity contribution in [1.29, 1.82) is 0 Å². The van der Waals surface area contributed by atoms with Crippen LogP contribution in [-0.4, -0.2) is 43.9 Å². The molecule has 1 aromatic carbocycles. The van der Waals surface area contributed by atoms with Crippen molar-refractivity contribution in [2.75, 3.05) is 32.8 Å². The van der Waals surface area contributed by atoms with Gasteiger partial charge in [-0.3, -0.25) is 4.99 Å². The standard InChI is InChI=1S/C18H30FN3O2/c1-4-20-18(21-10-7-11-24-13-14(2)3)22-12-17(23)15-8-5-6-9-16(15)19/h5-6,8-9,14,17,23H,4,7,10-13H2,1-3H3,(H2,20,21,22). The van der Waals surface area contributed by atoms with Crippen LogP contribution in [0.3, 0.4) is 0 Å². The Balaban J connectivity index is 2.40. The van der Waals surface area contributed by atoms with Crippen LogP contribution in [0.5, 0.6) is 0 Å². The van der Waals surface area contributed by atoms with Gasteiger partial charge < -0.3 is 20.5 Å². The minimum atomic E-state index is -0.962. The van der Waals surface area contributed by atoms with Crippen molar-refractivity contribution < 1.29 is 14.2 Å². The van der Waals surface area contributed by atoms with Crippen molar-refractivity contribution in [3.05, 3.63) is 35.6 Å². The summed E-state index contributed by atoms with van der Waals surface area (Å²) in [6.45, 7) is 9.21. The van der Waals surface area contributed by atoms with Gasteiger partial charge in [-0.2, -0.15) is 0 Å². The molecule has 1 rings (SSSR count). The molecule has 5 nitrogen and oxygen atoms in total. The third-order valence-corrected chi connectivity index (χ3v) is 3.24. The Morgan fingerprint density at radius 3 is 2.71 bits per heavy atom. The smallest absolute Gasteiger partial charge is 0.191 e. The Morgan fingerprint density at radius 1 is 1.29 bits per heavy atom. The van der Waals surface area contributed by atoms with Crippen molar-refractivity contribution in [2.24, 2.45) is 10.9 Å². The second-order valence-corrected chi connectivity index (χ2v) is 6.01. The van der Waals surface area contributed by atoms with Crippen LogP contribution in [0, 0.1) is 11.7 Å². The third-order valence-electron chi connectivity index (χ3n) is 3.24. The van der Waals surface area contributed by atoms with Gasteiger partial charge in [-0.05, 0) is 25.3 Å². The molecule has 1 atom stereocenters. The molecule has 0 amide bonds. The van der Waals surface area contributed by atoms with E-state index in [0.29, 0.717) is 25.0 Å². The van der Waals surface area contributed by atoms with E-state index in [-0.39, 0.29) is 12.1 Å². The highest BCUT2D eigenvalue weighted by atomic mass is 19.1. The van der Waals surface area contributed by atoms with Crippen LogP contribution in [0.2, 0.25) is 0 Å². The first-order chi connectivity index (χ1) is 11.5. The minimum Gasteiger partial charge on any atom is -0.386 e. The van der Waals surface area contributed by atoms with E-state index in [9.17, 15) is 9.50 Å². The molecule has 136 valence electrons. The molecule has 1 aromatic rings. The molecule has 0 bridgehead atoms. The number of ether oxygens (including phenoxy) is 1. The Labute approximate surface area is 144 Å². The Morgan fingerprint density at radius 2 is 2.04 bits per heavy atom. The fourth-order valence-corrected chi connectivity index (χ4v) is 2.06. The lowest BCUT2D eigenvalue weighted by Crippen LogP contribution is -2.38. The van der Waals surface area contributed by atoms with E-state index in [2.05, 4.69) is 29.5 Å². The van der Waals surface area contributed by atoms with Gasteiger partial charge >= 0.3 is 0 Å². The van der Waals surface area contributed by atoms with Crippen LogP contribution < -0.4 is 10.6 Å². The average molecular weight is 339 g/mol. The zero-order valence-electron chi connectivity index (χ0n) is 14.9. The maximum atomic E-state index is 13.6. The molecule has 0 radical (unpaired) electrons. The molecule has 0 aliphatic rings. The van der Waals surface area contributed by atoms with Crippen molar-refractivity contribution in [2.45, 2.75) is 33.3 Å². The number of rotatable bonds is 10. The molecule has 0 saturated heterocycles. The third kappa shape index (κ3) is 8.26. The summed E-state index contributed by atoms with van der Waals surface area (Å²) in [7, 11) is 0. The summed E-state index contributed by atoms with van der Waals surface area (Å²) in [6, 6.07) is 6.21. The fraction of sp³-hybridized carbons (Fsp3) is 0.611. The Hall–Kier alpha value is -1.66. The van der Waals surface area contributed by atoms with Gasteiger partial charge in [0.15, 0.2) is 5.96 Å². The summed E-state index contributed by atoms with van der Waals surface area (Å²) in [5.41, 5.74) is 0.263. The van der Waals surface area contributed by atoms with Crippen molar-refractivity contribution in [3.63, 3.8) is 0 Å². The zero-order chi connectivity index (χ0) is 17.8. The van der Waals surface area contributed by atoms with E-state index in [1.807, 2.05) is 6.92 Å². The van der Waals surface area contributed by atoms with Crippen LogP contribution in [0.25, 0.3) is 0 Å². The van der Waals surface area contributed by atoms with Crippen molar-refractivity contribution >= 4 is 5.96 Å². The Bertz CT molecular complexity index is 495. The summed E-state index contributed by atoms with van der Waals surface area (Å²) >= 11 is 0. The lowest BCUT2D eigenvalue weighted by Gasteiger charge is -2.14. The number of nitrogens with one attached hydrogen (secondary N) is 2. The maximum Gasteiger partial charge on any atom is 0.191 e. The first-order valence-electron chi connectivity index (χ1n) is 8.57. The van der Waals surface area contributed by atoms with Crippen LogP contribution in [-0.2, 0) is 4.74 Å². The number of aliphatic hydroxyl groups is 1. The van der Waals surface area contributed by atoms with E-state index < -0.39 is 11.9 Å². The molecule has 24 heavy (non-hydrogen) atoms. The predicted molar refractivity (Wildman–Crippen MR) is 95.6 cm³/mol. The number of guanidine groups is 1. The molecular formula is C18H30FN3O2. The largest absolute Gasteiger partial charge is 0.386 e. The number of nitrogens with zero attached hydrogens (tertiary/aromatic N) is 1.